The molecule has 1 aromatic carbocycles. The van der Waals surface area contributed by atoms with E-state index in [1.165, 1.54) is 11.1 Å². The number of thioether (sulfide) groups is 1. The van der Waals surface area contributed by atoms with Crippen LogP contribution in [0, 0.1) is 0 Å². The molecule has 0 heterocycles. The van der Waals surface area contributed by atoms with Crippen molar-refractivity contribution in [1.82, 2.24) is 0 Å². The zero-order chi connectivity index (χ0) is 9.68. The molecule has 2 heteroatoms. The molecule has 0 nitrogen and oxygen atoms in total. The predicted molar refractivity (Wildman–Crippen MR) is 65.5 cm³/mol. The molecule has 0 aliphatic rings. The normalized spacial score (nSPS) is 11.8. The lowest BCUT2D eigenvalue weighted by Gasteiger charge is -2.04. The number of allylic oxidation sites excluding steroid dienone is 1. The third kappa shape index (κ3) is 3.12. The number of benzene rings is 1. The Balaban J connectivity index is 2.92. The highest BCUT2D eigenvalue weighted by molar-refractivity contribution is 8.01. The van der Waals surface area contributed by atoms with Crippen LogP contribution in [-0.2, 0) is 0 Å². The highest BCUT2D eigenvalue weighted by Gasteiger charge is 1.97. The summed E-state index contributed by atoms with van der Waals surface area (Å²) in [6, 6.07) is 8.30. The number of rotatable bonds is 3. The van der Waals surface area contributed by atoms with E-state index in [1.54, 1.807) is 11.8 Å². The van der Waals surface area contributed by atoms with Crippen LogP contribution in [0.25, 0.3) is 5.57 Å². The number of hydrogen-bond acceptors (Lipinski definition) is 2. The minimum Gasteiger partial charge on any atom is -0.143 e. The van der Waals surface area contributed by atoms with Crippen LogP contribution < -0.4 is 0 Å². The first-order valence-electron chi connectivity index (χ1n) is 4.29. The van der Waals surface area contributed by atoms with Gasteiger partial charge in [-0.05, 0) is 41.4 Å². The van der Waals surface area contributed by atoms with E-state index in [0.29, 0.717) is 0 Å². The average molecular weight is 210 g/mol. The summed E-state index contributed by atoms with van der Waals surface area (Å²) in [5.41, 5.74) is 2.69. The predicted octanol–water partition coefficient (Wildman–Crippen LogP) is 4.09. The molecule has 0 spiro atoms. The minimum atomic E-state index is 1.02. The van der Waals surface area contributed by atoms with E-state index in [-0.39, 0.29) is 0 Å². The van der Waals surface area contributed by atoms with Crippen LogP contribution in [0.3, 0.4) is 0 Å². The molecule has 0 amide bonds. The maximum absolute atomic E-state index is 4.26. The molecule has 0 N–H and O–H groups in total. The van der Waals surface area contributed by atoms with Gasteiger partial charge in [-0.15, -0.1) is 24.4 Å². The SMILES string of the molecule is CC/C(=C\SC)c1ccc(S)cc1. The molecule has 0 radical (unpaired) electrons. The molecule has 0 saturated carbocycles. The van der Waals surface area contributed by atoms with Crippen molar-refractivity contribution in [3.05, 3.63) is 35.2 Å². The van der Waals surface area contributed by atoms with E-state index in [4.69, 9.17) is 0 Å². The fourth-order valence-electron chi connectivity index (χ4n) is 1.17. The number of thiol groups is 1. The molecule has 0 bridgehead atoms. The summed E-state index contributed by atoms with van der Waals surface area (Å²) in [5, 5.41) is 2.20. The molecule has 1 aromatic rings. The standard InChI is InChI=1S/C11H14S2/c1-3-9(8-13-2)10-4-6-11(12)7-5-10/h4-8,12H,3H2,1-2H3/b9-8+. The summed E-state index contributed by atoms with van der Waals surface area (Å²) < 4.78 is 0. The zero-order valence-corrected chi connectivity index (χ0v) is 9.66. The van der Waals surface area contributed by atoms with Crippen molar-refractivity contribution >= 4 is 30.0 Å². The second kappa shape index (κ2) is 5.40. The van der Waals surface area contributed by atoms with Crippen molar-refractivity contribution in [2.24, 2.45) is 0 Å². The van der Waals surface area contributed by atoms with Gasteiger partial charge >= 0.3 is 0 Å². The van der Waals surface area contributed by atoms with Gasteiger partial charge in [0, 0.05) is 4.90 Å². The van der Waals surface area contributed by atoms with E-state index in [9.17, 15) is 0 Å². The third-order valence-electron chi connectivity index (χ3n) is 1.88. The van der Waals surface area contributed by atoms with Crippen molar-refractivity contribution < 1.29 is 0 Å². The largest absolute Gasteiger partial charge is 0.143 e. The van der Waals surface area contributed by atoms with Gasteiger partial charge in [0.15, 0.2) is 0 Å². The molecule has 70 valence electrons. The van der Waals surface area contributed by atoms with Crippen molar-refractivity contribution in [2.45, 2.75) is 18.2 Å². The summed E-state index contributed by atoms with van der Waals surface area (Å²) in [4.78, 5) is 1.02. The Kier molecular flexibility index (Phi) is 4.46. The maximum atomic E-state index is 4.26. The Morgan fingerprint density at radius 1 is 1.38 bits per heavy atom. The summed E-state index contributed by atoms with van der Waals surface area (Å²) in [6.07, 6.45) is 3.16. The summed E-state index contributed by atoms with van der Waals surface area (Å²) >= 11 is 6.01. The van der Waals surface area contributed by atoms with Crippen molar-refractivity contribution in [3.8, 4) is 0 Å². The summed E-state index contributed by atoms with van der Waals surface area (Å²) in [5.74, 6) is 0. The first kappa shape index (κ1) is 10.7. The van der Waals surface area contributed by atoms with Gasteiger partial charge in [-0.25, -0.2) is 0 Å². The molecule has 1 rings (SSSR count). The van der Waals surface area contributed by atoms with Crippen LogP contribution in [0.15, 0.2) is 34.6 Å². The van der Waals surface area contributed by atoms with Gasteiger partial charge in [-0.3, -0.25) is 0 Å². The van der Waals surface area contributed by atoms with E-state index < -0.39 is 0 Å². The Bertz CT molecular complexity index is 285. The second-order valence-corrected chi connectivity index (χ2v) is 4.00. The van der Waals surface area contributed by atoms with Gasteiger partial charge in [0.05, 0.1) is 0 Å². The zero-order valence-electron chi connectivity index (χ0n) is 7.95. The van der Waals surface area contributed by atoms with Crippen LogP contribution in [0.4, 0.5) is 0 Å². The smallest absolute Gasteiger partial charge is 0.00403 e. The Morgan fingerprint density at radius 3 is 2.46 bits per heavy atom. The molecule has 0 saturated heterocycles. The topological polar surface area (TPSA) is 0 Å². The lowest BCUT2D eigenvalue weighted by molar-refractivity contribution is 1.24. The molecular weight excluding hydrogens is 196 g/mol. The molecule has 13 heavy (non-hydrogen) atoms. The first-order chi connectivity index (χ1) is 6.27. The van der Waals surface area contributed by atoms with E-state index in [1.807, 2.05) is 12.1 Å². The third-order valence-corrected chi connectivity index (χ3v) is 2.70. The van der Waals surface area contributed by atoms with Gasteiger partial charge in [0.25, 0.3) is 0 Å². The minimum absolute atomic E-state index is 1.02. The van der Waals surface area contributed by atoms with Crippen LogP contribution in [-0.4, -0.2) is 6.26 Å². The molecule has 0 aliphatic heterocycles. The molecular formula is C11H14S2. The lowest BCUT2D eigenvalue weighted by atomic mass is 10.1. The van der Waals surface area contributed by atoms with Crippen LogP contribution in [0.5, 0.6) is 0 Å². The molecule has 0 unspecified atom stereocenters. The van der Waals surface area contributed by atoms with Gasteiger partial charge in [0.1, 0.15) is 0 Å². The van der Waals surface area contributed by atoms with Gasteiger partial charge in [-0.1, -0.05) is 19.1 Å². The highest BCUT2D eigenvalue weighted by Crippen LogP contribution is 2.21. The monoisotopic (exact) mass is 210 g/mol. The summed E-state index contributed by atoms with van der Waals surface area (Å²) in [7, 11) is 0. The fourth-order valence-corrected chi connectivity index (χ4v) is 1.91. The van der Waals surface area contributed by atoms with Crippen LogP contribution in [0.2, 0.25) is 0 Å². The molecule has 0 aromatic heterocycles. The lowest BCUT2D eigenvalue weighted by Crippen LogP contribution is -1.81. The molecule has 0 aliphatic carbocycles. The Morgan fingerprint density at radius 2 is 2.00 bits per heavy atom. The fraction of sp³-hybridized carbons (Fsp3) is 0.273. The van der Waals surface area contributed by atoms with Crippen molar-refractivity contribution in [2.75, 3.05) is 6.26 Å². The van der Waals surface area contributed by atoms with Gasteiger partial charge in [0.2, 0.25) is 0 Å². The average Bonchev–Trinajstić information content (AvgIpc) is 2.16. The Labute approximate surface area is 89.8 Å². The Hall–Kier alpha value is -0.340. The van der Waals surface area contributed by atoms with E-state index in [2.05, 4.69) is 43.3 Å². The van der Waals surface area contributed by atoms with Gasteiger partial charge < -0.3 is 0 Å². The first-order valence-corrected chi connectivity index (χ1v) is 6.02. The summed E-state index contributed by atoms with van der Waals surface area (Å²) in [6.45, 7) is 2.18. The number of hydrogen-bond donors (Lipinski definition) is 1. The maximum Gasteiger partial charge on any atom is 0.00403 e. The highest BCUT2D eigenvalue weighted by atomic mass is 32.2. The second-order valence-electron chi connectivity index (χ2n) is 2.78. The van der Waals surface area contributed by atoms with Gasteiger partial charge in [-0.2, -0.15) is 0 Å². The quantitative estimate of drug-likeness (QED) is 0.733. The molecule has 0 atom stereocenters. The van der Waals surface area contributed by atoms with Crippen molar-refractivity contribution in [3.63, 3.8) is 0 Å². The van der Waals surface area contributed by atoms with Crippen LogP contribution >= 0.6 is 24.4 Å². The van der Waals surface area contributed by atoms with E-state index >= 15 is 0 Å². The van der Waals surface area contributed by atoms with Crippen LogP contribution in [0.1, 0.15) is 18.9 Å². The van der Waals surface area contributed by atoms with Crippen molar-refractivity contribution in [1.29, 1.82) is 0 Å². The van der Waals surface area contributed by atoms with E-state index in [0.717, 1.165) is 11.3 Å². The molecule has 0 fully saturated rings.